The van der Waals surface area contributed by atoms with E-state index in [1.807, 2.05) is 13.8 Å². The zero-order chi connectivity index (χ0) is 14.5. The molecule has 1 unspecified atom stereocenters. The van der Waals surface area contributed by atoms with Crippen molar-refractivity contribution in [3.63, 3.8) is 0 Å². The van der Waals surface area contributed by atoms with Crippen LogP contribution in [0.4, 0.5) is 4.39 Å². The highest BCUT2D eigenvalue weighted by atomic mass is 35.5. The number of carboxylic acids is 1. The van der Waals surface area contributed by atoms with Gasteiger partial charge >= 0.3 is 5.97 Å². The number of carbonyl (C=O) groups is 1. The van der Waals surface area contributed by atoms with E-state index in [9.17, 15) is 14.3 Å². The molecule has 2 nitrogen and oxygen atoms in total. The summed E-state index contributed by atoms with van der Waals surface area (Å²) in [6, 6.07) is 4.43. The average molecular weight is 287 g/mol. The number of hydrogen-bond acceptors (Lipinski definition) is 1. The van der Waals surface area contributed by atoms with E-state index in [0.29, 0.717) is 19.3 Å². The van der Waals surface area contributed by atoms with Crippen LogP contribution in [0.15, 0.2) is 18.2 Å². The molecule has 0 spiro atoms. The number of benzene rings is 1. The van der Waals surface area contributed by atoms with E-state index in [0.717, 1.165) is 18.4 Å². The minimum absolute atomic E-state index is 0.0448. The van der Waals surface area contributed by atoms with E-state index in [1.165, 1.54) is 12.1 Å². The molecule has 0 aliphatic carbocycles. The highest BCUT2D eigenvalue weighted by Crippen LogP contribution is 2.34. The van der Waals surface area contributed by atoms with Crippen LogP contribution in [0.1, 0.15) is 45.1 Å². The molecular formula is C15H20ClFO2. The number of halogens is 2. The van der Waals surface area contributed by atoms with Gasteiger partial charge in [-0.2, -0.15) is 0 Å². The topological polar surface area (TPSA) is 37.3 Å². The molecule has 0 aliphatic rings. The van der Waals surface area contributed by atoms with E-state index in [-0.39, 0.29) is 5.02 Å². The number of carboxylic acid groups (broad SMARTS) is 1. The van der Waals surface area contributed by atoms with Gasteiger partial charge in [-0.15, -0.1) is 0 Å². The first-order chi connectivity index (χ1) is 8.95. The zero-order valence-electron chi connectivity index (χ0n) is 11.4. The fourth-order valence-corrected chi connectivity index (χ4v) is 2.48. The lowest BCUT2D eigenvalue weighted by Crippen LogP contribution is -2.32. The van der Waals surface area contributed by atoms with E-state index >= 15 is 0 Å². The maximum absolute atomic E-state index is 13.1. The number of rotatable bonds is 7. The summed E-state index contributed by atoms with van der Waals surface area (Å²) in [4.78, 5) is 11.6. The van der Waals surface area contributed by atoms with Gasteiger partial charge in [-0.1, -0.05) is 44.4 Å². The van der Waals surface area contributed by atoms with Crippen LogP contribution in [-0.2, 0) is 11.2 Å². The van der Waals surface area contributed by atoms with Crippen molar-refractivity contribution in [2.75, 3.05) is 0 Å². The normalized spacial score (nSPS) is 14.1. The second kappa shape index (κ2) is 6.90. The van der Waals surface area contributed by atoms with Gasteiger partial charge in [-0.25, -0.2) is 4.39 Å². The van der Waals surface area contributed by atoms with Crippen LogP contribution in [0.5, 0.6) is 0 Å². The van der Waals surface area contributed by atoms with Crippen LogP contribution in [0, 0.1) is 11.2 Å². The highest BCUT2D eigenvalue weighted by Gasteiger charge is 2.36. The van der Waals surface area contributed by atoms with Crippen molar-refractivity contribution in [3.05, 3.63) is 34.6 Å². The summed E-state index contributed by atoms with van der Waals surface area (Å²) in [6.07, 6.45) is 3.40. The molecule has 1 aromatic carbocycles. The second-order valence-electron chi connectivity index (χ2n) is 4.97. The Morgan fingerprint density at radius 1 is 1.42 bits per heavy atom. The van der Waals surface area contributed by atoms with Crippen LogP contribution in [0.2, 0.25) is 5.02 Å². The van der Waals surface area contributed by atoms with Crippen molar-refractivity contribution in [1.29, 1.82) is 0 Å². The molecule has 1 rings (SSSR count). The van der Waals surface area contributed by atoms with Gasteiger partial charge in [0.05, 0.1) is 10.4 Å². The van der Waals surface area contributed by atoms with Crippen molar-refractivity contribution in [2.24, 2.45) is 5.41 Å². The first-order valence-corrected chi connectivity index (χ1v) is 7.00. The van der Waals surface area contributed by atoms with Gasteiger partial charge in [0.25, 0.3) is 0 Å². The molecule has 4 heteroatoms. The quantitative estimate of drug-likeness (QED) is 0.789. The molecule has 0 amide bonds. The van der Waals surface area contributed by atoms with Crippen LogP contribution in [0.3, 0.4) is 0 Å². The molecule has 0 heterocycles. The summed E-state index contributed by atoms with van der Waals surface area (Å²) in [5.41, 5.74) is -0.0104. The fourth-order valence-electron chi connectivity index (χ4n) is 2.28. The monoisotopic (exact) mass is 286 g/mol. The highest BCUT2D eigenvalue weighted by molar-refractivity contribution is 6.30. The Bertz CT molecular complexity index is 448. The Morgan fingerprint density at radius 2 is 2.11 bits per heavy atom. The maximum atomic E-state index is 13.1. The molecule has 0 aromatic heterocycles. The Labute approximate surface area is 118 Å². The lowest BCUT2D eigenvalue weighted by Gasteiger charge is -2.28. The molecule has 0 bridgehead atoms. The minimum Gasteiger partial charge on any atom is -0.481 e. The van der Waals surface area contributed by atoms with Crippen LogP contribution >= 0.6 is 11.6 Å². The second-order valence-corrected chi connectivity index (χ2v) is 5.38. The third-order valence-electron chi connectivity index (χ3n) is 3.67. The standard InChI is InChI=1S/C15H20ClFO2/c1-3-5-8-15(4-2,14(18)19)10-11-6-7-13(17)12(16)9-11/h6-7,9H,3-5,8,10H2,1-2H3,(H,18,19). The molecule has 106 valence electrons. The largest absolute Gasteiger partial charge is 0.481 e. The van der Waals surface area contributed by atoms with E-state index in [2.05, 4.69) is 0 Å². The SMILES string of the molecule is CCCCC(CC)(Cc1ccc(F)c(Cl)c1)C(=O)O. The van der Waals surface area contributed by atoms with Crippen LogP contribution in [-0.4, -0.2) is 11.1 Å². The predicted octanol–water partition coefficient (Wildman–Crippen LogP) is 4.69. The fraction of sp³-hybridized carbons (Fsp3) is 0.533. The predicted molar refractivity (Wildman–Crippen MR) is 75.0 cm³/mol. The third-order valence-corrected chi connectivity index (χ3v) is 3.96. The number of hydrogen-bond donors (Lipinski definition) is 1. The first-order valence-electron chi connectivity index (χ1n) is 6.62. The maximum Gasteiger partial charge on any atom is 0.309 e. The van der Waals surface area contributed by atoms with Gasteiger partial charge < -0.3 is 5.11 Å². The summed E-state index contributed by atoms with van der Waals surface area (Å²) in [6.45, 7) is 3.92. The average Bonchev–Trinajstić information content (AvgIpc) is 2.38. The number of aliphatic carboxylic acids is 1. The molecule has 0 aliphatic heterocycles. The molecule has 1 atom stereocenters. The Kier molecular flexibility index (Phi) is 5.80. The van der Waals surface area contributed by atoms with Crippen LogP contribution < -0.4 is 0 Å². The Balaban J connectivity index is 2.98. The molecule has 1 N–H and O–H groups in total. The van der Waals surface area contributed by atoms with Crippen molar-refractivity contribution in [1.82, 2.24) is 0 Å². The molecule has 0 saturated carbocycles. The van der Waals surface area contributed by atoms with Gasteiger partial charge in [-0.05, 0) is 37.0 Å². The van der Waals surface area contributed by atoms with Crippen molar-refractivity contribution < 1.29 is 14.3 Å². The third kappa shape index (κ3) is 3.93. The molecule has 0 radical (unpaired) electrons. The molecule has 19 heavy (non-hydrogen) atoms. The zero-order valence-corrected chi connectivity index (χ0v) is 12.1. The molecule has 0 fully saturated rings. The summed E-state index contributed by atoms with van der Waals surface area (Å²) >= 11 is 5.75. The Hall–Kier alpha value is -1.09. The van der Waals surface area contributed by atoms with Gasteiger partial charge in [0.2, 0.25) is 0 Å². The number of unbranched alkanes of at least 4 members (excludes halogenated alkanes) is 1. The van der Waals surface area contributed by atoms with Gasteiger partial charge in [0, 0.05) is 0 Å². The van der Waals surface area contributed by atoms with E-state index in [4.69, 9.17) is 11.6 Å². The molecule has 0 saturated heterocycles. The first kappa shape index (κ1) is 16.0. The van der Waals surface area contributed by atoms with E-state index < -0.39 is 17.2 Å². The molecular weight excluding hydrogens is 267 g/mol. The van der Waals surface area contributed by atoms with Crippen LogP contribution in [0.25, 0.3) is 0 Å². The van der Waals surface area contributed by atoms with Gasteiger partial charge in [0.1, 0.15) is 5.82 Å². The van der Waals surface area contributed by atoms with Crippen molar-refractivity contribution >= 4 is 17.6 Å². The summed E-state index contributed by atoms with van der Waals surface area (Å²) < 4.78 is 13.1. The van der Waals surface area contributed by atoms with Gasteiger partial charge in [-0.3, -0.25) is 4.79 Å². The smallest absolute Gasteiger partial charge is 0.309 e. The van der Waals surface area contributed by atoms with Crippen molar-refractivity contribution in [2.45, 2.75) is 46.0 Å². The summed E-state index contributed by atoms with van der Waals surface area (Å²) in [5.74, 6) is -1.26. The molecule has 1 aromatic rings. The Morgan fingerprint density at radius 3 is 2.58 bits per heavy atom. The lowest BCUT2D eigenvalue weighted by molar-refractivity contribution is -0.149. The summed E-state index contributed by atoms with van der Waals surface area (Å²) in [7, 11) is 0. The lowest BCUT2D eigenvalue weighted by atomic mass is 9.75. The summed E-state index contributed by atoms with van der Waals surface area (Å²) in [5, 5.41) is 9.57. The minimum atomic E-state index is -0.788. The van der Waals surface area contributed by atoms with E-state index in [1.54, 1.807) is 6.07 Å². The van der Waals surface area contributed by atoms with Crippen molar-refractivity contribution in [3.8, 4) is 0 Å². The van der Waals surface area contributed by atoms with Gasteiger partial charge in [0.15, 0.2) is 0 Å².